The lowest BCUT2D eigenvalue weighted by Gasteiger charge is -2.19. The Morgan fingerprint density at radius 2 is 1.33 bits per heavy atom. The third kappa shape index (κ3) is 12.6. The highest BCUT2D eigenvalue weighted by Crippen LogP contribution is 2.29. The van der Waals surface area contributed by atoms with Gasteiger partial charge in [-0.2, -0.15) is 0 Å². The molecule has 1 aliphatic carbocycles. The molecule has 188 valence electrons. The van der Waals surface area contributed by atoms with Crippen molar-refractivity contribution in [1.82, 2.24) is 0 Å². The first-order valence-electron chi connectivity index (χ1n) is 13.0. The molecule has 0 saturated heterocycles. The summed E-state index contributed by atoms with van der Waals surface area (Å²) in [5.41, 5.74) is 7.69. The zero-order valence-electron chi connectivity index (χ0n) is 23.4. The highest BCUT2D eigenvalue weighted by atomic mass is 14.2. The molecule has 0 aliphatic heterocycles. The van der Waals surface area contributed by atoms with Crippen molar-refractivity contribution in [2.24, 2.45) is 0 Å². The maximum absolute atomic E-state index is 5.10. The second-order valence-electron chi connectivity index (χ2n) is 7.71. The summed E-state index contributed by atoms with van der Waals surface area (Å²) >= 11 is 0. The van der Waals surface area contributed by atoms with Gasteiger partial charge in [-0.1, -0.05) is 125 Å². The molecule has 0 radical (unpaired) electrons. The lowest BCUT2D eigenvalue weighted by Crippen LogP contribution is -2.03. The number of hydrogen-bond acceptors (Lipinski definition) is 0. The van der Waals surface area contributed by atoms with E-state index in [4.69, 9.17) is 6.42 Å². The second kappa shape index (κ2) is 20.6. The van der Waals surface area contributed by atoms with E-state index < -0.39 is 0 Å². The molecule has 36 heavy (non-hydrogen) atoms. The van der Waals surface area contributed by atoms with Crippen LogP contribution in [-0.2, 0) is 6.42 Å². The summed E-state index contributed by atoms with van der Waals surface area (Å²) in [6, 6.07) is 26.2. The molecule has 0 spiro atoms. The van der Waals surface area contributed by atoms with Gasteiger partial charge < -0.3 is 0 Å². The van der Waals surface area contributed by atoms with Crippen LogP contribution in [0.4, 0.5) is 0 Å². The molecular weight excluding hydrogens is 432 g/mol. The lowest BCUT2D eigenvalue weighted by molar-refractivity contribution is 0.862. The minimum absolute atomic E-state index is 0.512. The number of hydrogen-bond donors (Lipinski definition) is 0. The molecule has 0 aromatic heterocycles. The molecule has 0 bridgehead atoms. The fourth-order valence-corrected chi connectivity index (χ4v) is 3.57. The maximum atomic E-state index is 5.10. The number of terminal acetylenes is 1. The van der Waals surface area contributed by atoms with E-state index >= 15 is 0 Å². The SMILES string of the molecule is C#Cc1ccccc1.C=C1/C=C\C(C)c2c(C)cccc2CC1.CC.CC.CC#Cc1ccccc1. The highest BCUT2D eigenvalue weighted by Gasteiger charge is 2.12. The van der Waals surface area contributed by atoms with Crippen LogP contribution in [0.25, 0.3) is 0 Å². The second-order valence-corrected chi connectivity index (χ2v) is 7.71. The smallest absolute Gasteiger partial charge is 0.0245 e. The Bertz CT molecular complexity index is 1110. The summed E-state index contributed by atoms with van der Waals surface area (Å²) in [4.78, 5) is 0. The van der Waals surface area contributed by atoms with Crippen LogP contribution in [0.1, 0.15) is 81.7 Å². The van der Waals surface area contributed by atoms with Gasteiger partial charge in [0.15, 0.2) is 0 Å². The molecule has 0 heterocycles. The quantitative estimate of drug-likeness (QED) is 0.283. The topological polar surface area (TPSA) is 0 Å². The molecule has 0 heteroatoms. The number of rotatable bonds is 0. The first kappa shape index (κ1) is 32.3. The van der Waals surface area contributed by atoms with Gasteiger partial charge in [-0.3, -0.25) is 0 Å². The van der Waals surface area contributed by atoms with Gasteiger partial charge in [0.2, 0.25) is 0 Å². The summed E-state index contributed by atoms with van der Waals surface area (Å²) in [6.45, 7) is 18.4. The van der Waals surface area contributed by atoms with E-state index in [0.717, 1.165) is 24.0 Å². The van der Waals surface area contributed by atoms with E-state index in [1.165, 1.54) is 22.3 Å². The van der Waals surface area contributed by atoms with Crippen molar-refractivity contribution >= 4 is 0 Å². The summed E-state index contributed by atoms with van der Waals surface area (Å²) in [5, 5.41) is 0. The van der Waals surface area contributed by atoms with Crippen LogP contribution in [0.15, 0.2) is 103 Å². The van der Waals surface area contributed by atoms with Crippen molar-refractivity contribution in [2.45, 2.75) is 67.2 Å². The Balaban J connectivity index is 0.000000504. The van der Waals surface area contributed by atoms with Crippen LogP contribution in [0.5, 0.6) is 0 Å². The maximum Gasteiger partial charge on any atom is 0.0245 e. The van der Waals surface area contributed by atoms with Crippen molar-refractivity contribution in [3.8, 4) is 24.2 Å². The van der Waals surface area contributed by atoms with Crippen LogP contribution in [0.3, 0.4) is 0 Å². The Hall–Kier alpha value is -3.74. The summed E-state index contributed by atoms with van der Waals surface area (Å²) < 4.78 is 0. The number of allylic oxidation sites excluding steroid dienone is 3. The molecule has 1 unspecified atom stereocenters. The van der Waals surface area contributed by atoms with Crippen molar-refractivity contribution in [3.63, 3.8) is 0 Å². The van der Waals surface area contributed by atoms with E-state index in [2.05, 4.69) is 68.5 Å². The van der Waals surface area contributed by atoms with Crippen LogP contribution >= 0.6 is 0 Å². The minimum Gasteiger partial charge on any atom is -0.115 e. The largest absolute Gasteiger partial charge is 0.115 e. The highest BCUT2D eigenvalue weighted by molar-refractivity contribution is 5.41. The van der Waals surface area contributed by atoms with Gasteiger partial charge in [0.1, 0.15) is 0 Å². The van der Waals surface area contributed by atoms with Crippen molar-refractivity contribution < 1.29 is 0 Å². The average molecular weight is 477 g/mol. The van der Waals surface area contributed by atoms with Crippen molar-refractivity contribution in [3.05, 3.63) is 131 Å². The van der Waals surface area contributed by atoms with E-state index in [1.807, 2.05) is 95.3 Å². The number of benzene rings is 3. The van der Waals surface area contributed by atoms with Gasteiger partial charge >= 0.3 is 0 Å². The molecule has 1 aliphatic rings. The van der Waals surface area contributed by atoms with Gasteiger partial charge in [0.25, 0.3) is 0 Å². The fourth-order valence-electron chi connectivity index (χ4n) is 3.57. The van der Waals surface area contributed by atoms with Crippen LogP contribution < -0.4 is 0 Å². The summed E-state index contributed by atoms with van der Waals surface area (Å²) in [7, 11) is 0. The molecule has 0 N–H and O–H groups in total. The van der Waals surface area contributed by atoms with E-state index in [0.29, 0.717) is 5.92 Å². The monoisotopic (exact) mass is 476 g/mol. The van der Waals surface area contributed by atoms with E-state index in [-0.39, 0.29) is 0 Å². The Morgan fingerprint density at radius 3 is 1.83 bits per heavy atom. The predicted octanol–water partition coefficient (Wildman–Crippen LogP) is 9.94. The van der Waals surface area contributed by atoms with Gasteiger partial charge in [-0.25, -0.2) is 0 Å². The number of fused-ring (bicyclic) bond motifs is 1. The first-order valence-corrected chi connectivity index (χ1v) is 13.0. The third-order valence-corrected chi connectivity index (χ3v) is 5.19. The molecule has 3 aromatic rings. The molecule has 0 saturated carbocycles. The zero-order chi connectivity index (χ0) is 27.2. The van der Waals surface area contributed by atoms with Crippen molar-refractivity contribution in [1.29, 1.82) is 0 Å². The van der Waals surface area contributed by atoms with Crippen LogP contribution in [-0.4, -0.2) is 0 Å². The fraction of sp³-hybridized carbons (Fsp3) is 0.278. The van der Waals surface area contributed by atoms with Crippen LogP contribution in [0, 0.1) is 31.1 Å². The van der Waals surface area contributed by atoms with Crippen LogP contribution in [0.2, 0.25) is 0 Å². The molecular formula is C36H44. The molecule has 3 aromatic carbocycles. The summed E-state index contributed by atoms with van der Waals surface area (Å²) in [6.07, 6.45) is 11.8. The van der Waals surface area contributed by atoms with Gasteiger partial charge in [0.05, 0.1) is 0 Å². The Kier molecular flexibility index (Phi) is 18.5. The van der Waals surface area contributed by atoms with E-state index in [1.54, 1.807) is 0 Å². The molecule has 0 fully saturated rings. The van der Waals surface area contributed by atoms with Crippen molar-refractivity contribution in [2.75, 3.05) is 0 Å². The van der Waals surface area contributed by atoms with Gasteiger partial charge in [-0.05, 0) is 73.6 Å². The summed E-state index contributed by atoms with van der Waals surface area (Å²) in [5.74, 6) is 8.83. The lowest BCUT2D eigenvalue weighted by atomic mass is 9.86. The predicted molar refractivity (Wildman–Crippen MR) is 162 cm³/mol. The number of aryl methyl sites for hydroxylation is 2. The molecule has 4 rings (SSSR count). The normalized spacial score (nSPS) is 13.5. The Morgan fingerprint density at radius 1 is 0.778 bits per heavy atom. The zero-order valence-corrected chi connectivity index (χ0v) is 23.4. The van der Waals surface area contributed by atoms with E-state index in [9.17, 15) is 0 Å². The van der Waals surface area contributed by atoms with Gasteiger partial charge in [0, 0.05) is 11.1 Å². The minimum atomic E-state index is 0.512. The Labute approximate surface area is 222 Å². The molecule has 0 amide bonds. The first-order chi connectivity index (χ1) is 17.5. The standard InChI is InChI=1S/C15H18.C9H8.C8H6.2C2H6/c1-11-7-9-13(3)15-12(2)5-4-6-14(15)10-8-11;1-2-6-9-7-4-3-5-8-9;1-2-8-6-4-3-5-7-8;2*1-2/h4-7,9,13H,1,8,10H2,2-3H3;3-5,7-8H,1H3;1,3-7H;2*1-2H3/b9-7-;;;;. The average Bonchev–Trinajstić information content (AvgIpc) is 2.94. The molecule has 1 atom stereocenters. The third-order valence-electron chi connectivity index (χ3n) is 5.19. The molecule has 0 nitrogen and oxygen atoms in total. The van der Waals surface area contributed by atoms with Gasteiger partial charge in [-0.15, -0.1) is 12.3 Å².